The molecule has 0 aliphatic rings. The number of aliphatic hydroxyl groups is 1. The van der Waals surface area contributed by atoms with Gasteiger partial charge in [0.25, 0.3) is 0 Å². The van der Waals surface area contributed by atoms with Gasteiger partial charge in [-0.15, -0.1) is 0 Å². The van der Waals surface area contributed by atoms with Crippen molar-refractivity contribution >= 4 is 16.6 Å². The van der Waals surface area contributed by atoms with E-state index < -0.39 is 6.10 Å². The van der Waals surface area contributed by atoms with E-state index in [1.807, 2.05) is 24.3 Å². The van der Waals surface area contributed by atoms with E-state index in [4.69, 9.17) is 10.00 Å². The molecule has 2 aromatic rings. The Morgan fingerprint density at radius 2 is 2.25 bits per heavy atom. The zero-order valence-corrected chi connectivity index (χ0v) is 11.3. The summed E-state index contributed by atoms with van der Waals surface area (Å²) in [5.74, 6) is 0. The number of aliphatic hydroxyl groups excluding tert-OH is 1. The minimum Gasteiger partial charge on any atom is -0.391 e. The number of anilines is 1. The van der Waals surface area contributed by atoms with Crippen molar-refractivity contribution in [1.29, 1.82) is 5.26 Å². The number of nitrogens with zero attached hydrogens (tertiary/aromatic N) is 2. The van der Waals surface area contributed by atoms with Crippen LogP contribution in [0, 0.1) is 11.3 Å². The Kier molecular flexibility index (Phi) is 4.88. The van der Waals surface area contributed by atoms with Gasteiger partial charge in [-0.05, 0) is 18.6 Å². The highest BCUT2D eigenvalue weighted by Gasteiger charge is 2.07. The molecule has 0 fully saturated rings. The number of para-hydroxylation sites is 1. The Morgan fingerprint density at radius 3 is 3.00 bits per heavy atom. The fourth-order valence-electron chi connectivity index (χ4n) is 2.03. The molecule has 1 heterocycles. The highest BCUT2D eigenvalue weighted by atomic mass is 16.5. The number of hydrogen-bond donors (Lipinski definition) is 2. The molecule has 1 aromatic carbocycles. The SMILES string of the molecule is COCC(O)CCNc1cc(C#N)nc2ccccc12. The number of hydrogen-bond acceptors (Lipinski definition) is 5. The van der Waals surface area contributed by atoms with Crippen LogP contribution in [0.1, 0.15) is 12.1 Å². The van der Waals surface area contributed by atoms with Crippen molar-refractivity contribution in [3.8, 4) is 6.07 Å². The van der Waals surface area contributed by atoms with Crippen LogP contribution in [0.3, 0.4) is 0 Å². The van der Waals surface area contributed by atoms with Crippen LogP contribution in [0.25, 0.3) is 10.9 Å². The average molecular weight is 271 g/mol. The minimum atomic E-state index is -0.490. The van der Waals surface area contributed by atoms with Crippen LogP contribution in [0.4, 0.5) is 5.69 Å². The lowest BCUT2D eigenvalue weighted by atomic mass is 10.1. The molecule has 0 saturated carbocycles. The number of benzene rings is 1. The lowest BCUT2D eigenvalue weighted by molar-refractivity contribution is 0.0615. The first kappa shape index (κ1) is 14.3. The summed E-state index contributed by atoms with van der Waals surface area (Å²) >= 11 is 0. The molecule has 5 nitrogen and oxygen atoms in total. The molecule has 2 rings (SSSR count). The van der Waals surface area contributed by atoms with Crippen LogP contribution < -0.4 is 5.32 Å². The van der Waals surface area contributed by atoms with Gasteiger partial charge in [0, 0.05) is 24.7 Å². The lowest BCUT2D eigenvalue weighted by Gasteiger charge is -2.12. The van der Waals surface area contributed by atoms with Crippen LogP contribution in [0.2, 0.25) is 0 Å². The van der Waals surface area contributed by atoms with Gasteiger partial charge in [0.1, 0.15) is 11.8 Å². The highest BCUT2D eigenvalue weighted by Crippen LogP contribution is 2.22. The number of rotatable bonds is 6. The third kappa shape index (κ3) is 3.44. The van der Waals surface area contributed by atoms with Crippen LogP contribution in [0.15, 0.2) is 30.3 Å². The molecule has 0 amide bonds. The van der Waals surface area contributed by atoms with Crippen molar-refractivity contribution in [3.05, 3.63) is 36.0 Å². The smallest absolute Gasteiger partial charge is 0.143 e. The third-order valence-corrected chi connectivity index (χ3v) is 2.98. The predicted octanol–water partition coefficient (Wildman–Crippen LogP) is 1.92. The molecule has 0 aliphatic carbocycles. The Morgan fingerprint density at radius 1 is 1.45 bits per heavy atom. The van der Waals surface area contributed by atoms with Gasteiger partial charge in [-0.1, -0.05) is 18.2 Å². The second-order valence-electron chi connectivity index (χ2n) is 4.51. The van der Waals surface area contributed by atoms with Gasteiger partial charge >= 0.3 is 0 Å². The number of nitrogens with one attached hydrogen (secondary N) is 1. The van der Waals surface area contributed by atoms with Gasteiger partial charge in [0.05, 0.1) is 18.2 Å². The number of fused-ring (bicyclic) bond motifs is 1. The van der Waals surface area contributed by atoms with E-state index in [1.54, 1.807) is 13.2 Å². The molecule has 1 atom stereocenters. The van der Waals surface area contributed by atoms with Crippen LogP contribution in [-0.4, -0.2) is 36.5 Å². The van der Waals surface area contributed by atoms with E-state index in [2.05, 4.69) is 16.4 Å². The predicted molar refractivity (Wildman–Crippen MR) is 77.4 cm³/mol. The van der Waals surface area contributed by atoms with Gasteiger partial charge in [-0.25, -0.2) is 4.98 Å². The molecule has 2 N–H and O–H groups in total. The lowest BCUT2D eigenvalue weighted by Crippen LogP contribution is -2.18. The first-order valence-corrected chi connectivity index (χ1v) is 6.45. The molecule has 0 radical (unpaired) electrons. The van der Waals surface area contributed by atoms with Gasteiger partial charge < -0.3 is 15.2 Å². The van der Waals surface area contributed by atoms with Gasteiger partial charge in [0.2, 0.25) is 0 Å². The average Bonchev–Trinajstić information content (AvgIpc) is 2.47. The molecular weight excluding hydrogens is 254 g/mol. The first-order valence-electron chi connectivity index (χ1n) is 6.45. The van der Waals surface area contributed by atoms with Crippen molar-refractivity contribution in [2.45, 2.75) is 12.5 Å². The quantitative estimate of drug-likeness (QED) is 0.839. The molecule has 0 spiro atoms. The monoisotopic (exact) mass is 271 g/mol. The Hall–Kier alpha value is -2.16. The second kappa shape index (κ2) is 6.85. The molecule has 1 unspecified atom stereocenters. The van der Waals surface area contributed by atoms with E-state index in [1.165, 1.54) is 0 Å². The van der Waals surface area contributed by atoms with E-state index in [0.29, 0.717) is 25.3 Å². The number of methoxy groups -OCH3 is 1. The van der Waals surface area contributed by atoms with Crippen molar-refractivity contribution < 1.29 is 9.84 Å². The summed E-state index contributed by atoms with van der Waals surface area (Å²) in [4.78, 5) is 4.26. The maximum absolute atomic E-state index is 9.61. The van der Waals surface area contributed by atoms with E-state index >= 15 is 0 Å². The fourth-order valence-corrected chi connectivity index (χ4v) is 2.03. The van der Waals surface area contributed by atoms with Crippen LogP contribution in [0.5, 0.6) is 0 Å². The minimum absolute atomic E-state index is 0.322. The summed E-state index contributed by atoms with van der Waals surface area (Å²) in [6, 6.07) is 11.4. The largest absolute Gasteiger partial charge is 0.391 e. The number of nitriles is 1. The third-order valence-electron chi connectivity index (χ3n) is 2.98. The van der Waals surface area contributed by atoms with Gasteiger partial charge in [-0.2, -0.15) is 5.26 Å². The molecule has 0 aliphatic heterocycles. The van der Waals surface area contributed by atoms with Crippen molar-refractivity contribution in [2.24, 2.45) is 0 Å². The molecule has 1 aromatic heterocycles. The van der Waals surface area contributed by atoms with Crippen LogP contribution >= 0.6 is 0 Å². The zero-order chi connectivity index (χ0) is 14.4. The normalized spacial score (nSPS) is 12.1. The summed E-state index contributed by atoms with van der Waals surface area (Å²) in [5, 5.41) is 22.8. The summed E-state index contributed by atoms with van der Waals surface area (Å²) in [7, 11) is 1.56. The Labute approximate surface area is 117 Å². The van der Waals surface area contributed by atoms with Gasteiger partial charge in [-0.3, -0.25) is 0 Å². The number of aromatic nitrogens is 1. The molecule has 5 heteroatoms. The summed E-state index contributed by atoms with van der Waals surface area (Å²) in [5.41, 5.74) is 2.02. The molecular formula is C15H17N3O2. The Bertz CT molecular complexity index is 622. The summed E-state index contributed by atoms with van der Waals surface area (Å²) < 4.78 is 4.88. The first-order chi connectivity index (χ1) is 9.74. The molecule has 104 valence electrons. The molecule has 0 bridgehead atoms. The standard InChI is InChI=1S/C15H17N3O2/c1-20-10-12(19)6-7-17-15-8-11(9-16)18-14-5-3-2-4-13(14)15/h2-5,8,12,19H,6-7,10H2,1H3,(H,17,18). The molecule has 0 saturated heterocycles. The topological polar surface area (TPSA) is 78.2 Å². The Balaban J connectivity index is 2.14. The zero-order valence-electron chi connectivity index (χ0n) is 11.3. The van der Waals surface area contributed by atoms with Crippen molar-refractivity contribution in [3.63, 3.8) is 0 Å². The highest BCUT2D eigenvalue weighted by molar-refractivity contribution is 5.91. The summed E-state index contributed by atoms with van der Waals surface area (Å²) in [6.07, 6.45) is 0.0860. The van der Waals surface area contributed by atoms with Crippen molar-refractivity contribution in [2.75, 3.05) is 25.6 Å². The number of ether oxygens (including phenoxy) is 1. The van der Waals surface area contributed by atoms with Gasteiger partial charge in [0.15, 0.2) is 0 Å². The summed E-state index contributed by atoms with van der Waals surface area (Å²) in [6.45, 7) is 0.922. The van der Waals surface area contributed by atoms with E-state index in [0.717, 1.165) is 16.6 Å². The maximum Gasteiger partial charge on any atom is 0.143 e. The van der Waals surface area contributed by atoms with E-state index in [9.17, 15) is 5.11 Å². The van der Waals surface area contributed by atoms with E-state index in [-0.39, 0.29) is 0 Å². The van der Waals surface area contributed by atoms with Crippen molar-refractivity contribution in [1.82, 2.24) is 4.98 Å². The maximum atomic E-state index is 9.61. The second-order valence-corrected chi connectivity index (χ2v) is 4.51. The fraction of sp³-hybridized carbons (Fsp3) is 0.333. The molecule has 20 heavy (non-hydrogen) atoms. The van der Waals surface area contributed by atoms with Crippen LogP contribution in [-0.2, 0) is 4.74 Å². The number of pyridine rings is 1.